The molecule has 1 aromatic rings. The van der Waals surface area contributed by atoms with Crippen LogP contribution in [0.4, 0.5) is 0 Å². The summed E-state index contributed by atoms with van der Waals surface area (Å²) in [6, 6.07) is 9.32. The number of carbonyl (C=O) groups excluding carboxylic acids is 1. The predicted octanol–water partition coefficient (Wildman–Crippen LogP) is 2.64. The lowest BCUT2D eigenvalue weighted by Gasteiger charge is -2.19. The van der Waals surface area contributed by atoms with Crippen molar-refractivity contribution in [2.24, 2.45) is 0 Å². The van der Waals surface area contributed by atoms with E-state index in [9.17, 15) is 4.79 Å². The molecule has 90 valence electrons. The van der Waals surface area contributed by atoms with Crippen molar-refractivity contribution in [3.8, 4) is 6.07 Å². The zero-order valence-corrected chi connectivity index (χ0v) is 10.6. The van der Waals surface area contributed by atoms with Crippen molar-refractivity contribution < 1.29 is 4.79 Å². The second-order valence-electron chi connectivity index (χ2n) is 3.69. The maximum Gasteiger partial charge on any atom is 0.227 e. The van der Waals surface area contributed by atoms with Crippen LogP contribution in [0.5, 0.6) is 0 Å². The van der Waals surface area contributed by atoms with Gasteiger partial charge >= 0.3 is 0 Å². The van der Waals surface area contributed by atoms with Crippen molar-refractivity contribution in [2.45, 2.75) is 19.8 Å². The van der Waals surface area contributed by atoms with Gasteiger partial charge < -0.3 is 4.90 Å². The fourth-order valence-electron chi connectivity index (χ4n) is 1.58. The topological polar surface area (TPSA) is 44.1 Å². The largest absolute Gasteiger partial charge is 0.342 e. The second-order valence-corrected chi connectivity index (χ2v) is 4.12. The van der Waals surface area contributed by atoms with Crippen LogP contribution in [0.15, 0.2) is 24.3 Å². The number of nitrogens with zero attached hydrogens (tertiary/aromatic N) is 2. The van der Waals surface area contributed by atoms with Gasteiger partial charge in [-0.2, -0.15) is 5.26 Å². The summed E-state index contributed by atoms with van der Waals surface area (Å²) in [5.41, 5.74) is 0.901. The van der Waals surface area contributed by atoms with Gasteiger partial charge in [-0.1, -0.05) is 23.7 Å². The molecule has 0 heterocycles. The minimum absolute atomic E-state index is 0.0324. The molecule has 0 N–H and O–H groups in total. The van der Waals surface area contributed by atoms with Gasteiger partial charge in [0.05, 0.1) is 18.9 Å². The molecule has 0 saturated heterocycles. The number of rotatable bonds is 5. The highest BCUT2D eigenvalue weighted by atomic mass is 35.5. The van der Waals surface area contributed by atoms with Crippen molar-refractivity contribution in [2.75, 3.05) is 13.1 Å². The Kier molecular flexibility index (Phi) is 5.51. The summed E-state index contributed by atoms with van der Waals surface area (Å²) in [4.78, 5) is 13.6. The number of hydrogen-bond acceptors (Lipinski definition) is 2. The first-order valence-electron chi connectivity index (χ1n) is 5.56. The third kappa shape index (κ3) is 4.46. The summed E-state index contributed by atoms with van der Waals surface area (Å²) in [6.07, 6.45) is 0.703. The van der Waals surface area contributed by atoms with Crippen LogP contribution in [0.2, 0.25) is 5.02 Å². The monoisotopic (exact) mass is 250 g/mol. The Morgan fingerprint density at radius 2 is 2.29 bits per heavy atom. The second kappa shape index (κ2) is 6.93. The Hall–Kier alpha value is -1.53. The minimum Gasteiger partial charge on any atom is -0.342 e. The van der Waals surface area contributed by atoms with E-state index in [1.165, 1.54) is 0 Å². The number of amides is 1. The average molecular weight is 251 g/mol. The summed E-state index contributed by atoms with van der Waals surface area (Å²) in [5, 5.41) is 9.15. The van der Waals surface area contributed by atoms with Gasteiger partial charge in [-0.25, -0.2) is 0 Å². The Bertz CT molecular complexity index is 426. The van der Waals surface area contributed by atoms with Gasteiger partial charge in [0, 0.05) is 18.1 Å². The van der Waals surface area contributed by atoms with Gasteiger partial charge in [-0.3, -0.25) is 4.79 Å². The first kappa shape index (κ1) is 13.5. The zero-order chi connectivity index (χ0) is 12.7. The lowest BCUT2D eigenvalue weighted by molar-refractivity contribution is -0.130. The highest BCUT2D eigenvalue weighted by Crippen LogP contribution is 2.12. The minimum atomic E-state index is 0.0324. The highest BCUT2D eigenvalue weighted by molar-refractivity contribution is 6.30. The Labute approximate surface area is 107 Å². The molecule has 17 heavy (non-hydrogen) atoms. The molecule has 1 aromatic carbocycles. The normalized spacial score (nSPS) is 9.71. The van der Waals surface area contributed by atoms with Crippen molar-refractivity contribution in [1.82, 2.24) is 4.90 Å². The molecule has 0 aliphatic carbocycles. The smallest absolute Gasteiger partial charge is 0.227 e. The third-order valence-corrected chi connectivity index (χ3v) is 2.71. The predicted molar refractivity (Wildman–Crippen MR) is 67.6 cm³/mol. The van der Waals surface area contributed by atoms with Crippen LogP contribution >= 0.6 is 11.6 Å². The lowest BCUT2D eigenvalue weighted by Crippen LogP contribution is -2.32. The highest BCUT2D eigenvalue weighted by Gasteiger charge is 2.11. The number of carbonyl (C=O) groups is 1. The molecular formula is C13H15ClN2O. The summed E-state index contributed by atoms with van der Waals surface area (Å²) in [6.45, 7) is 3.03. The quantitative estimate of drug-likeness (QED) is 0.806. The lowest BCUT2D eigenvalue weighted by atomic mass is 10.1. The fraction of sp³-hybridized carbons (Fsp3) is 0.385. The van der Waals surface area contributed by atoms with Crippen LogP contribution in [0, 0.1) is 11.3 Å². The Morgan fingerprint density at radius 3 is 2.88 bits per heavy atom. The van der Waals surface area contributed by atoms with Gasteiger partial charge in [-0.15, -0.1) is 0 Å². The van der Waals surface area contributed by atoms with Gasteiger partial charge in [0.1, 0.15) is 0 Å². The van der Waals surface area contributed by atoms with E-state index in [2.05, 4.69) is 0 Å². The van der Waals surface area contributed by atoms with Crippen molar-refractivity contribution >= 4 is 17.5 Å². The van der Waals surface area contributed by atoms with Crippen molar-refractivity contribution in [1.29, 1.82) is 5.26 Å². The number of hydrogen-bond donors (Lipinski definition) is 0. The van der Waals surface area contributed by atoms with Gasteiger partial charge in [0.25, 0.3) is 0 Å². The summed E-state index contributed by atoms with van der Waals surface area (Å²) >= 11 is 5.86. The van der Waals surface area contributed by atoms with E-state index in [-0.39, 0.29) is 5.91 Å². The maximum absolute atomic E-state index is 11.9. The van der Waals surface area contributed by atoms with Crippen molar-refractivity contribution in [3.63, 3.8) is 0 Å². The molecular weight excluding hydrogens is 236 g/mol. The van der Waals surface area contributed by atoms with Crippen LogP contribution in [0.25, 0.3) is 0 Å². The number of benzene rings is 1. The van der Waals surface area contributed by atoms with Gasteiger partial charge in [0.2, 0.25) is 5.91 Å². The summed E-state index contributed by atoms with van der Waals surface area (Å²) < 4.78 is 0. The fourth-order valence-corrected chi connectivity index (χ4v) is 1.79. The number of halogens is 1. The van der Waals surface area contributed by atoms with Crippen molar-refractivity contribution in [3.05, 3.63) is 34.9 Å². The number of likely N-dealkylation sites (N-methyl/N-ethyl adjacent to an activating group) is 1. The molecule has 0 aliphatic heterocycles. The van der Waals surface area contributed by atoms with E-state index in [1.807, 2.05) is 25.1 Å². The molecule has 0 saturated carbocycles. The molecule has 1 amide bonds. The van der Waals surface area contributed by atoms with Crippen LogP contribution in [0.1, 0.15) is 18.9 Å². The van der Waals surface area contributed by atoms with E-state index in [0.29, 0.717) is 31.0 Å². The SMILES string of the molecule is CCN(CCC#N)C(=O)Cc1cccc(Cl)c1. The van der Waals surface area contributed by atoms with Gasteiger partial charge in [-0.05, 0) is 24.6 Å². The van der Waals surface area contributed by atoms with Gasteiger partial charge in [0.15, 0.2) is 0 Å². The van der Waals surface area contributed by atoms with E-state index < -0.39 is 0 Å². The Morgan fingerprint density at radius 1 is 1.53 bits per heavy atom. The van der Waals surface area contributed by atoms with E-state index in [0.717, 1.165) is 5.56 Å². The maximum atomic E-state index is 11.9. The first-order valence-corrected chi connectivity index (χ1v) is 5.94. The third-order valence-electron chi connectivity index (χ3n) is 2.47. The molecule has 0 atom stereocenters. The van der Waals surface area contributed by atoms with E-state index >= 15 is 0 Å². The van der Waals surface area contributed by atoms with Crippen LogP contribution in [-0.2, 0) is 11.2 Å². The van der Waals surface area contributed by atoms with Crippen LogP contribution < -0.4 is 0 Å². The molecule has 3 nitrogen and oxygen atoms in total. The molecule has 0 aliphatic rings. The zero-order valence-electron chi connectivity index (χ0n) is 9.82. The molecule has 0 fully saturated rings. The average Bonchev–Trinajstić information content (AvgIpc) is 2.30. The molecule has 0 unspecified atom stereocenters. The summed E-state index contributed by atoms with van der Waals surface area (Å²) in [7, 11) is 0. The van der Waals surface area contributed by atoms with Crippen LogP contribution in [0.3, 0.4) is 0 Å². The van der Waals surface area contributed by atoms with Crippen LogP contribution in [-0.4, -0.2) is 23.9 Å². The van der Waals surface area contributed by atoms with E-state index in [1.54, 1.807) is 17.0 Å². The molecule has 0 radical (unpaired) electrons. The molecule has 1 rings (SSSR count). The molecule has 0 aromatic heterocycles. The Balaban J connectivity index is 2.61. The summed E-state index contributed by atoms with van der Waals surface area (Å²) in [5.74, 6) is 0.0324. The first-order chi connectivity index (χ1) is 8.17. The molecule has 0 bridgehead atoms. The number of nitriles is 1. The van der Waals surface area contributed by atoms with E-state index in [4.69, 9.17) is 16.9 Å². The molecule has 0 spiro atoms. The molecule has 4 heteroatoms. The standard InChI is InChI=1S/C13H15ClN2O/c1-2-16(8-4-7-15)13(17)10-11-5-3-6-12(14)9-11/h3,5-6,9H,2,4,8,10H2,1H3.